The van der Waals surface area contributed by atoms with Gasteiger partial charge in [-0.15, -0.1) is 0 Å². The second-order valence-corrected chi connectivity index (χ2v) is 5.01. The molecule has 3 nitrogen and oxygen atoms in total. The smallest absolute Gasteiger partial charge is 0.140 e. The van der Waals surface area contributed by atoms with Crippen molar-refractivity contribution in [3.8, 4) is 0 Å². The van der Waals surface area contributed by atoms with Crippen molar-refractivity contribution in [3.05, 3.63) is 48.2 Å². The highest BCUT2D eigenvalue weighted by Gasteiger charge is 2.23. The van der Waals surface area contributed by atoms with Crippen LogP contribution in [0, 0.1) is 0 Å². The lowest BCUT2D eigenvalue weighted by Crippen LogP contribution is -2.02. The van der Waals surface area contributed by atoms with Crippen LogP contribution in [0.1, 0.15) is 10.9 Å². The summed E-state index contributed by atoms with van der Waals surface area (Å²) in [4.78, 5) is 5.54. The second kappa shape index (κ2) is 4.30. The van der Waals surface area contributed by atoms with Gasteiger partial charge in [0.15, 0.2) is 0 Å². The topological polar surface area (TPSA) is 37.0 Å². The highest BCUT2D eigenvalue weighted by atomic mass is 32.2. The molecule has 1 aromatic carbocycles. The lowest BCUT2D eigenvalue weighted by atomic mass is 10.2. The predicted molar refractivity (Wildman–Crippen MR) is 72.4 cm³/mol. The monoisotopic (exact) mass is 243 g/mol. The van der Waals surface area contributed by atoms with E-state index in [0.717, 1.165) is 11.5 Å². The summed E-state index contributed by atoms with van der Waals surface area (Å²) in [5.41, 5.74) is 2.40. The van der Waals surface area contributed by atoms with Gasteiger partial charge in [0.05, 0.1) is 4.90 Å². The zero-order valence-corrected chi connectivity index (χ0v) is 10.3. The Hall–Kier alpha value is -1.68. The standard InChI is InChI=1S/C13H13N3S/c1-14-10-6-4-9(5-7-10)13-16-12-11(17-13)3-2-8-15-12/h2-8,13-14H,1H3,(H,15,16). The van der Waals surface area contributed by atoms with Crippen LogP contribution in [0.25, 0.3) is 0 Å². The van der Waals surface area contributed by atoms with Crippen molar-refractivity contribution in [2.24, 2.45) is 0 Å². The van der Waals surface area contributed by atoms with E-state index in [1.54, 1.807) is 0 Å². The van der Waals surface area contributed by atoms with Gasteiger partial charge in [-0.1, -0.05) is 23.9 Å². The van der Waals surface area contributed by atoms with Crippen molar-refractivity contribution in [3.63, 3.8) is 0 Å². The Bertz CT molecular complexity index is 499. The van der Waals surface area contributed by atoms with Crippen molar-refractivity contribution in [2.45, 2.75) is 10.3 Å². The predicted octanol–water partition coefficient (Wildman–Crippen LogP) is 3.34. The van der Waals surface area contributed by atoms with E-state index in [-0.39, 0.29) is 5.37 Å². The van der Waals surface area contributed by atoms with Crippen LogP contribution in [0.15, 0.2) is 47.5 Å². The van der Waals surface area contributed by atoms with E-state index in [2.05, 4.69) is 45.9 Å². The quantitative estimate of drug-likeness (QED) is 0.848. The molecule has 0 fully saturated rings. The van der Waals surface area contributed by atoms with Gasteiger partial charge in [-0.25, -0.2) is 4.98 Å². The molecule has 0 bridgehead atoms. The Morgan fingerprint density at radius 3 is 2.76 bits per heavy atom. The SMILES string of the molecule is CNc1ccc(C2Nc3ncccc3S2)cc1. The van der Waals surface area contributed by atoms with E-state index in [9.17, 15) is 0 Å². The number of hydrogen-bond donors (Lipinski definition) is 2. The third kappa shape index (κ3) is 1.96. The summed E-state index contributed by atoms with van der Waals surface area (Å²) in [5.74, 6) is 0.986. The van der Waals surface area contributed by atoms with Crippen LogP contribution < -0.4 is 10.6 Å². The molecule has 1 aromatic heterocycles. The normalized spacial score (nSPS) is 17.4. The number of pyridine rings is 1. The van der Waals surface area contributed by atoms with Gasteiger partial charge in [-0.05, 0) is 29.8 Å². The van der Waals surface area contributed by atoms with Crippen molar-refractivity contribution in [2.75, 3.05) is 17.7 Å². The first-order valence-corrected chi connectivity index (χ1v) is 6.41. The largest absolute Gasteiger partial charge is 0.388 e. The van der Waals surface area contributed by atoms with Crippen LogP contribution >= 0.6 is 11.8 Å². The van der Waals surface area contributed by atoms with Crippen LogP contribution in [0.3, 0.4) is 0 Å². The Balaban J connectivity index is 1.83. The zero-order chi connectivity index (χ0) is 11.7. The molecule has 1 aliphatic heterocycles. The van der Waals surface area contributed by atoms with Crippen LogP contribution in [0.4, 0.5) is 11.5 Å². The minimum atomic E-state index is 0.269. The number of nitrogens with zero attached hydrogens (tertiary/aromatic N) is 1. The van der Waals surface area contributed by atoms with Crippen molar-refractivity contribution in [1.29, 1.82) is 0 Å². The Morgan fingerprint density at radius 2 is 2.06 bits per heavy atom. The Morgan fingerprint density at radius 1 is 1.24 bits per heavy atom. The van der Waals surface area contributed by atoms with Gasteiger partial charge in [-0.2, -0.15) is 0 Å². The highest BCUT2D eigenvalue weighted by Crippen LogP contribution is 2.45. The van der Waals surface area contributed by atoms with Gasteiger partial charge in [-0.3, -0.25) is 0 Å². The molecule has 1 aliphatic rings. The average Bonchev–Trinajstić information content (AvgIpc) is 2.82. The molecule has 86 valence electrons. The molecule has 2 N–H and O–H groups in total. The fourth-order valence-corrected chi connectivity index (χ4v) is 2.95. The molecule has 1 atom stereocenters. The molecule has 0 amide bonds. The van der Waals surface area contributed by atoms with E-state index in [1.807, 2.05) is 31.1 Å². The Labute approximate surface area is 105 Å². The third-order valence-electron chi connectivity index (χ3n) is 2.79. The first-order valence-electron chi connectivity index (χ1n) is 5.53. The number of anilines is 2. The maximum Gasteiger partial charge on any atom is 0.140 e. The third-order valence-corrected chi connectivity index (χ3v) is 3.99. The summed E-state index contributed by atoms with van der Waals surface area (Å²) in [6.07, 6.45) is 1.82. The number of benzene rings is 1. The molecule has 0 spiro atoms. The summed E-state index contributed by atoms with van der Waals surface area (Å²) in [7, 11) is 1.93. The molecule has 17 heavy (non-hydrogen) atoms. The summed E-state index contributed by atoms with van der Waals surface area (Å²) in [6.45, 7) is 0. The molecule has 0 radical (unpaired) electrons. The van der Waals surface area contributed by atoms with Crippen LogP contribution in [0.2, 0.25) is 0 Å². The number of thioether (sulfide) groups is 1. The first kappa shape index (κ1) is 10.5. The number of rotatable bonds is 2. The second-order valence-electron chi connectivity index (χ2n) is 3.86. The summed E-state index contributed by atoms with van der Waals surface area (Å²) in [6, 6.07) is 12.5. The minimum absolute atomic E-state index is 0.269. The van der Waals surface area contributed by atoms with E-state index in [1.165, 1.54) is 10.5 Å². The molecular weight excluding hydrogens is 230 g/mol. The van der Waals surface area contributed by atoms with Gasteiger partial charge < -0.3 is 10.6 Å². The molecule has 0 saturated heterocycles. The molecule has 3 rings (SSSR count). The van der Waals surface area contributed by atoms with Crippen LogP contribution in [-0.4, -0.2) is 12.0 Å². The number of nitrogens with one attached hydrogen (secondary N) is 2. The summed E-state index contributed by atoms with van der Waals surface area (Å²) >= 11 is 1.81. The fraction of sp³-hybridized carbons (Fsp3) is 0.154. The number of aromatic nitrogens is 1. The lowest BCUT2D eigenvalue weighted by Gasteiger charge is -2.11. The molecule has 4 heteroatoms. The van der Waals surface area contributed by atoms with Crippen molar-refractivity contribution >= 4 is 23.3 Å². The van der Waals surface area contributed by atoms with Gasteiger partial charge >= 0.3 is 0 Å². The summed E-state index contributed by atoms with van der Waals surface area (Å²) < 4.78 is 0. The van der Waals surface area contributed by atoms with Crippen LogP contribution in [0.5, 0.6) is 0 Å². The molecular formula is C13H13N3S. The number of fused-ring (bicyclic) bond motifs is 1. The van der Waals surface area contributed by atoms with Crippen LogP contribution in [-0.2, 0) is 0 Å². The summed E-state index contributed by atoms with van der Waals surface area (Å²) in [5, 5.41) is 6.81. The highest BCUT2D eigenvalue weighted by molar-refractivity contribution is 8.00. The Kier molecular flexibility index (Phi) is 2.65. The van der Waals surface area contributed by atoms with Crippen molar-refractivity contribution in [1.82, 2.24) is 4.98 Å². The zero-order valence-electron chi connectivity index (χ0n) is 9.47. The molecule has 2 heterocycles. The molecule has 1 unspecified atom stereocenters. The van der Waals surface area contributed by atoms with Crippen molar-refractivity contribution < 1.29 is 0 Å². The lowest BCUT2D eigenvalue weighted by molar-refractivity contribution is 1.10. The number of hydrogen-bond acceptors (Lipinski definition) is 4. The van der Waals surface area contributed by atoms with Gasteiger partial charge in [0.1, 0.15) is 11.2 Å². The van der Waals surface area contributed by atoms with E-state index >= 15 is 0 Å². The fourth-order valence-electron chi connectivity index (χ4n) is 1.85. The maximum atomic E-state index is 4.32. The van der Waals surface area contributed by atoms with Gasteiger partial charge in [0.25, 0.3) is 0 Å². The first-order chi connectivity index (χ1) is 8.36. The maximum absolute atomic E-state index is 4.32. The van der Waals surface area contributed by atoms with E-state index in [0.29, 0.717) is 0 Å². The molecule has 0 saturated carbocycles. The average molecular weight is 243 g/mol. The minimum Gasteiger partial charge on any atom is -0.388 e. The molecule has 0 aliphatic carbocycles. The van der Waals surface area contributed by atoms with E-state index < -0.39 is 0 Å². The van der Waals surface area contributed by atoms with E-state index in [4.69, 9.17) is 0 Å². The molecule has 2 aromatic rings. The van der Waals surface area contributed by atoms with Gasteiger partial charge in [0.2, 0.25) is 0 Å². The van der Waals surface area contributed by atoms with Gasteiger partial charge in [0, 0.05) is 18.9 Å².